The lowest BCUT2D eigenvalue weighted by atomic mass is 9.47. The number of hydrogen-bond donors (Lipinski definition) is 2. The maximum absolute atomic E-state index is 13.0. The first-order chi connectivity index (χ1) is 9.58. The summed E-state index contributed by atoms with van der Waals surface area (Å²) in [7, 11) is -4.01. The topological polar surface area (TPSA) is 96.4 Å². The zero-order chi connectivity index (χ0) is 15.5. The van der Waals surface area contributed by atoms with Gasteiger partial charge in [0.1, 0.15) is 5.54 Å². The summed E-state index contributed by atoms with van der Waals surface area (Å²) in [5.74, 6) is -4.10. The van der Waals surface area contributed by atoms with Crippen LogP contribution in [0.4, 0.5) is 8.78 Å². The number of aliphatic carboxylic acids is 1. The summed E-state index contributed by atoms with van der Waals surface area (Å²) in [6, 6.07) is 0. The molecule has 2 fully saturated rings. The van der Waals surface area contributed by atoms with E-state index < -0.39 is 32.9 Å². The summed E-state index contributed by atoms with van der Waals surface area (Å²) in [4.78, 5) is 15.0. The van der Waals surface area contributed by atoms with Gasteiger partial charge in [-0.15, -0.1) is 11.3 Å². The Kier molecular flexibility index (Phi) is 2.96. The molecule has 0 aliphatic heterocycles. The van der Waals surface area contributed by atoms with Crippen molar-refractivity contribution in [3.63, 3.8) is 0 Å². The third kappa shape index (κ3) is 2.34. The van der Waals surface area contributed by atoms with Crippen LogP contribution in [0.1, 0.15) is 25.7 Å². The Morgan fingerprint density at radius 2 is 1.95 bits per heavy atom. The number of carboxylic acid groups (broad SMARTS) is 1. The molecule has 2 aliphatic carbocycles. The zero-order valence-electron chi connectivity index (χ0n) is 10.7. The minimum absolute atomic E-state index is 0.0944. The van der Waals surface area contributed by atoms with Crippen LogP contribution >= 0.6 is 11.3 Å². The van der Waals surface area contributed by atoms with Crippen LogP contribution in [0.3, 0.4) is 0 Å². The van der Waals surface area contributed by atoms with E-state index in [9.17, 15) is 27.1 Å². The predicted octanol–water partition coefficient (Wildman–Crippen LogP) is 1.45. The second-order valence-electron chi connectivity index (χ2n) is 5.88. The molecule has 116 valence electrons. The molecular formula is C11H12F2N2O4S2. The quantitative estimate of drug-likeness (QED) is 0.866. The van der Waals surface area contributed by atoms with Gasteiger partial charge in [-0.05, 0) is 18.3 Å². The Morgan fingerprint density at radius 1 is 1.33 bits per heavy atom. The predicted molar refractivity (Wildman–Crippen MR) is 68.7 cm³/mol. The van der Waals surface area contributed by atoms with Gasteiger partial charge >= 0.3 is 5.97 Å². The fraction of sp³-hybridized carbons (Fsp3) is 0.636. The van der Waals surface area contributed by atoms with Crippen molar-refractivity contribution in [2.45, 2.75) is 41.4 Å². The van der Waals surface area contributed by atoms with Gasteiger partial charge in [-0.1, -0.05) is 0 Å². The van der Waals surface area contributed by atoms with Crippen LogP contribution in [0.25, 0.3) is 0 Å². The molecule has 10 heteroatoms. The van der Waals surface area contributed by atoms with E-state index in [0.29, 0.717) is 0 Å². The highest BCUT2D eigenvalue weighted by atomic mass is 32.2. The van der Waals surface area contributed by atoms with Crippen LogP contribution in [0.5, 0.6) is 0 Å². The fourth-order valence-corrected chi connectivity index (χ4v) is 5.59. The summed E-state index contributed by atoms with van der Waals surface area (Å²) in [6.07, 6.45) is 0.148. The van der Waals surface area contributed by atoms with Crippen molar-refractivity contribution in [1.82, 2.24) is 9.71 Å². The molecule has 0 amide bonds. The number of sulfonamides is 1. The summed E-state index contributed by atoms with van der Waals surface area (Å²) < 4.78 is 52.2. The number of nitrogens with one attached hydrogen (secondary N) is 1. The van der Waals surface area contributed by atoms with E-state index in [1.807, 2.05) is 0 Å². The first-order valence-corrected chi connectivity index (χ1v) is 8.48. The molecule has 3 rings (SSSR count). The monoisotopic (exact) mass is 338 g/mol. The van der Waals surface area contributed by atoms with Gasteiger partial charge in [0.15, 0.2) is 4.21 Å². The van der Waals surface area contributed by atoms with Crippen molar-refractivity contribution in [3.05, 3.63) is 11.7 Å². The minimum atomic E-state index is -4.01. The van der Waals surface area contributed by atoms with Crippen molar-refractivity contribution in [1.29, 1.82) is 0 Å². The Bertz CT molecular complexity index is 671. The van der Waals surface area contributed by atoms with Crippen LogP contribution in [0, 0.1) is 5.41 Å². The summed E-state index contributed by atoms with van der Waals surface area (Å²) in [5, 5.41) is 9.30. The molecule has 2 aliphatic rings. The molecule has 6 nitrogen and oxygen atoms in total. The maximum atomic E-state index is 13.0. The van der Waals surface area contributed by atoms with Gasteiger partial charge in [0, 0.05) is 12.8 Å². The van der Waals surface area contributed by atoms with E-state index in [1.165, 1.54) is 5.51 Å². The summed E-state index contributed by atoms with van der Waals surface area (Å²) >= 11 is 0.862. The van der Waals surface area contributed by atoms with Gasteiger partial charge in [-0.25, -0.2) is 17.2 Å². The number of nitrogens with zero attached hydrogens (tertiary/aromatic N) is 1. The van der Waals surface area contributed by atoms with Crippen LogP contribution in [-0.2, 0) is 14.8 Å². The molecule has 2 N–H and O–H groups in total. The molecule has 0 radical (unpaired) electrons. The van der Waals surface area contributed by atoms with Gasteiger partial charge in [0.2, 0.25) is 5.92 Å². The maximum Gasteiger partial charge on any atom is 0.324 e. The van der Waals surface area contributed by atoms with E-state index in [-0.39, 0.29) is 29.9 Å². The summed E-state index contributed by atoms with van der Waals surface area (Å²) in [5.41, 5.74) is -1.13. The minimum Gasteiger partial charge on any atom is -0.480 e. The number of alkyl halides is 2. The Morgan fingerprint density at radius 3 is 2.38 bits per heavy atom. The normalized spacial score (nSPS) is 25.0. The van der Waals surface area contributed by atoms with E-state index >= 15 is 0 Å². The lowest BCUT2D eigenvalue weighted by molar-refractivity contribution is -0.219. The second-order valence-corrected chi connectivity index (χ2v) is 8.67. The summed E-state index contributed by atoms with van der Waals surface area (Å²) in [6.45, 7) is 0. The molecule has 21 heavy (non-hydrogen) atoms. The molecule has 0 bridgehead atoms. The smallest absolute Gasteiger partial charge is 0.324 e. The number of thiazole rings is 1. The molecular weight excluding hydrogens is 326 g/mol. The third-order valence-electron chi connectivity index (χ3n) is 4.03. The standard InChI is InChI=1S/C11H12F2N2O4S2/c12-11(13)4-9(5-11)2-10(3-9,8(16)17)15-21(18,19)7-1-14-6-20-7/h1,6,15H,2-5H2,(H,16,17). The second kappa shape index (κ2) is 4.20. The van der Waals surface area contributed by atoms with E-state index in [4.69, 9.17) is 0 Å². The first-order valence-electron chi connectivity index (χ1n) is 6.12. The van der Waals surface area contributed by atoms with Gasteiger partial charge in [-0.3, -0.25) is 9.78 Å². The van der Waals surface area contributed by atoms with Crippen LogP contribution in [0.15, 0.2) is 15.9 Å². The van der Waals surface area contributed by atoms with Gasteiger partial charge < -0.3 is 5.11 Å². The molecule has 1 spiro atoms. The van der Waals surface area contributed by atoms with E-state index in [2.05, 4.69) is 9.71 Å². The van der Waals surface area contributed by atoms with Crippen LogP contribution in [0.2, 0.25) is 0 Å². The molecule has 0 saturated heterocycles. The first kappa shape index (κ1) is 14.8. The molecule has 1 aromatic heterocycles. The Balaban J connectivity index is 1.78. The van der Waals surface area contributed by atoms with Gasteiger partial charge in [-0.2, -0.15) is 4.72 Å². The van der Waals surface area contributed by atoms with Crippen molar-refractivity contribution in [2.75, 3.05) is 0 Å². The third-order valence-corrected chi connectivity index (χ3v) is 6.84. The average molecular weight is 338 g/mol. The highest BCUT2D eigenvalue weighted by Crippen LogP contribution is 2.66. The SMILES string of the molecule is O=C(O)C1(NS(=O)(=O)c2cncs2)CC2(CC(F)(F)C2)C1. The van der Waals surface area contributed by atoms with E-state index in [0.717, 1.165) is 17.5 Å². The van der Waals surface area contributed by atoms with Crippen molar-refractivity contribution < 1.29 is 27.1 Å². The van der Waals surface area contributed by atoms with Crippen molar-refractivity contribution in [3.8, 4) is 0 Å². The number of rotatable bonds is 4. The number of carboxylic acids is 1. The van der Waals surface area contributed by atoms with Crippen molar-refractivity contribution >= 4 is 27.3 Å². The highest BCUT2D eigenvalue weighted by molar-refractivity contribution is 7.91. The number of carbonyl (C=O) groups is 1. The van der Waals surface area contributed by atoms with Crippen LogP contribution in [-0.4, -0.2) is 35.9 Å². The lowest BCUT2D eigenvalue weighted by Crippen LogP contribution is -2.70. The number of aromatic nitrogens is 1. The number of hydrogen-bond acceptors (Lipinski definition) is 5. The molecule has 2 saturated carbocycles. The molecule has 1 heterocycles. The Hall–Kier alpha value is -1.13. The Labute approximate surface area is 123 Å². The molecule has 0 aromatic carbocycles. The lowest BCUT2D eigenvalue weighted by Gasteiger charge is -2.60. The molecule has 0 unspecified atom stereocenters. The average Bonchev–Trinajstić information content (AvgIpc) is 2.76. The van der Waals surface area contributed by atoms with Gasteiger partial charge in [0.05, 0.1) is 11.7 Å². The van der Waals surface area contributed by atoms with Gasteiger partial charge in [0.25, 0.3) is 10.0 Å². The molecule has 0 atom stereocenters. The van der Waals surface area contributed by atoms with Crippen LogP contribution < -0.4 is 4.72 Å². The fourth-order valence-electron chi connectivity index (χ4n) is 3.44. The zero-order valence-corrected chi connectivity index (χ0v) is 12.3. The van der Waals surface area contributed by atoms with Crippen molar-refractivity contribution in [2.24, 2.45) is 5.41 Å². The highest BCUT2D eigenvalue weighted by Gasteiger charge is 2.70. The molecule has 1 aromatic rings. The largest absolute Gasteiger partial charge is 0.480 e. The van der Waals surface area contributed by atoms with E-state index in [1.54, 1.807) is 0 Å². The number of halogens is 2.